The largest absolute Gasteiger partial charge is 0.350 e. The molecule has 0 atom stereocenters. The number of hydrogen-bond acceptors (Lipinski definition) is 1. The van der Waals surface area contributed by atoms with E-state index < -0.39 is 0 Å². The van der Waals surface area contributed by atoms with Crippen molar-refractivity contribution in [2.45, 2.75) is 38.9 Å². The Morgan fingerprint density at radius 3 is 2.89 bits per heavy atom. The number of aryl methyl sites for hydroxylation is 1. The lowest BCUT2D eigenvalue weighted by Crippen LogP contribution is -2.14. The molecule has 0 unspecified atom stereocenters. The molecule has 1 aliphatic carbocycles. The van der Waals surface area contributed by atoms with Gasteiger partial charge in [-0.25, -0.2) is 4.39 Å². The highest BCUT2D eigenvalue weighted by atomic mass is 19.1. The van der Waals surface area contributed by atoms with Crippen LogP contribution in [0.4, 0.5) is 4.39 Å². The van der Waals surface area contributed by atoms with Crippen LogP contribution in [0.5, 0.6) is 0 Å². The minimum Gasteiger partial charge on any atom is -0.350 e. The molecule has 0 saturated heterocycles. The first-order valence-electron chi connectivity index (χ1n) is 6.84. The van der Waals surface area contributed by atoms with Crippen LogP contribution < -0.4 is 5.32 Å². The van der Waals surface area contributed by atoms with E-state index in [1.54, 1.807) is 6.07 Å². The van der Waals surface area contributed by atoms with Crippen molar-refractivity contribution in [1.29, 1.82) is 0 Å². The Morgan fingerprint density at radius 1 is 1.32 bits per heavy atom. The lowest BCUT2D eigenvalue weighted by Gasteiger charge is -2.07. The van der Waals surface area contributed by atoms with E-state index in [-0.39, 0.29) is 5.82 Å². The van der Waals surface area contributed by atoms with E-state index in [9.17, 15) is 4.39 Å². The van der Waals surface area contributed by atoms with Crippen LogP contribution in [-0.4, -0.2) is 10.6 Å². The molecule has 1 aromatic heterocycles. The maximum atomic E-state index is 13.1. The molecule has 100 valence electrons. The predicted octanol–water partition coefficient (Wildman–Crippen LogP) is 3.24. The van der Waals surface area contributed by atoms with Crippen molar-refractivity contribution >= 4 is 0 Å². The molecule has 1 aromatic carbocycles. The summed E-state index contributed by atoms with van der Waals surface area (Å²) in [4.78, 5) is 0. The Kier molecular flexibility index (Phi) is 3.38. The molecule has 19 heavy (non-hydrogen) atoms. The van der Waals surface area contributed by atoms with Gasteiger partial charge in [0.2, 0.25) is 0 Å². The summed E-state index contributed by atoms with van der Waals surface area (Å²) in [6, 6.07) is 7.87. The van der Waals surface area contributed by atoms with Crippen molar-refractivity contribution in [2.75, 3.05) is 0 Å². The van der Waals surface area contributed by atoms with Gasteiger partial charge >= 0.3 is 0 Å². The van der Waals surface area contributed by atoms with Gasteiger partial charge in [-0.15, -0.1) is 0 Å². The molecule has 1 aliphatic rings. The summed E-state index contributed by atoms with van der Waals surface area (Å²) in [5.41, 5.74) is 3.48. The lowest BCUT2D eigenvalue weighted by molar-refractivity contribution is 0.624. The van der Waals surface area contributed by atoms with Gasteiger partial charge in [-0.2, -0.15) is 0 Å². The molecule has 1 saturated carbocycles. The van der Waals surface area contributed by atoms with E-state index in [1.807, 2.05) is 13.0 Å². The third-order valence-corrected chi connectivity index (χ3v) is 3.64. The summed E-state index contributed by atoms with van der Waals surface area (Å²) in [5.74, 6) is -0.164. The normalized spacial score (nSPS) is 14.8. The van der Waals surface area contributed by atoms with Crippen LogP contribution in [0.25, 0.3) is 0 Å². The molecule has 0 amide bonds. The van der Waals surface area contributed by atoms with Gasteiger partial charge in [-0.1, -0.05) is 6.07 Å². The zero-order chi connectivity index (χ0) is 13.2. The quantitative estimate of drug-likeness (QED) is 0.871. The van der Waals surface area contributed by atoms with Gasteiger partial charge in [0.1, 0.15) is 5.82 Å². The van der Waals surface area contributed by atoms with Gasteiger partial charge in [0.15, 0.2) is 0 Å². The molecule has 0 radical (unpaired) electrons. The topological polar surface area (TPSA) is 17.0 Å². The number of rotatable bonds is 5. The molecule has 3 rings (SSSR count). The zero-order valence-corrected chi connectivity index (χ0v) is 11.2. The second kappa shape index (κ2) is 5.17. The highest BCUT2D eigenvalue weighted by molar-refractivity contribution is 5.27. The fourth-order valence-corrected chi connectivity index (χ4v) is 2.28. The van der Waals surface area contributed by atoms with Crippen LogP contribution in [0.2, 0.25) is 0 Å². The Bertz CT molecular complexity index is 570. The molecule has 0 aliphatic heterocycles. The average Bonchev–Trinajstić information content (AvgIpc) is 3.10. The zero-order valence-electron chi connectivity index (χ0n) is 11.2. The maximum Gasteiger partial charge on any atom is 0.123 e. The fourth-order valence-electron chi connectivity index (χ4n) is 2.28. The van der Waals surface area contributed by atoms with Gasteiger partial charge in [0.25, 0.3) is 0 Å². The smallest absolute Gasteiger partial charge is 0.123 e. The number of benzene rings is 1. The van der Waals surface area contributed by atoms with Crippen molar-refractivity contribution in [3.8, 4) is 0 Å². The van der Waals surface area contributed by atoms with Crippen molar-refractivity contribution in [3.63, 3.8) is 0 Å². The third kappa shape index (κ3) is 3.24. The summed E-state index contributed by atoms with van der Waals surface area (Å²) in [7, 11) is 0. The first kappa shape index (κ1) is 12.4. The van der Waals surface area contributed by atoms with Crippen LogP contribution in [0, 0.1) is 12.7 Å². The van der Waals surface area contributed by atoms with Crippen molar-refractivity contribution in [3.05, 3.63) is 59.2 Å². The van der Waals surface area contributed by atoms with Gasteiger partial charge in [-0.3, -0.25) is 0 Å². The van der Waals surface area contributed by atoms with Gasteiger partial charge in [0.05, 0.1) is 0 Å². The second-order valence-electron chi connectivity index (χ2n) is 5.42. The number of hydrogen-bond donors (Lipinski definition) is 1. The lowest BCUT2D eigenvalue weighted by atomic mass is 10.1. The molecule has 0 spiro atoms. The molecule has 1 heterocycles. The number of nitrogens with one attached hydrogen (secondary N) is 1. The number of aromatic nitrogens is 1. The van der Waals surface area contributed by atoms with E-state index >= 15 is 0 Å². The minimum atomic E-state index is -0.164. The van der Waals surface area contributed by atoms with Crippen LogP contribution in [0.15, 0.2) is 36.7 Å². The predicted molar refractivity (Wildman–Crippen MR) is 74.5 cm³/mol. The SMILES string of the molecule is Cc1cc(F)ccc1Cn1ccc(CNC2CC2)c1. The first-order valence-corrected chi connectivity index (χ1v) is 6.84. The number of nitrogens with zero attached hydrogens (tertiary/aromatic N) is 1. The van der Waals surface area contributed by atoms with Gasteiger partial charge < -0.3 is 9.88 Å². The van der Waals surface area contributed by atoms with E-state index in [0.717, 1.165) is 24.7 Å². The standard InChI is InChI=1S/C16H19FN2/c1-12-8-15(17)3-2-14(12)11-19-7-6-13(10-19)9-18-16-4-5-16/h2-3,6-8,10,16,18H,4-5,9,11H2,1H3. The summed E-state index contributed by atoms with van der Waals surface area (Å²) < 4.78 is 15.2. The van der Waals surface area contributed by atoms with E-state index in [2.05, 4.69) is 28.3 Å². The maximum absolute atomic E-state index is 13.1. The molecular formula is C16H19FN2. The van der Waals surface area contributed by atoms with Crippen LogP contribution in [0.3, 0.4) is 0 Å². The average molecular weight is 258 g/mol. The summed E-state index contributed by atoms with van der Waals surface area (Å²) in [6.45, 7) is 3.70. The fraction of sp³-hybridized carbons (Fsp3) is 0.375. The molecular weight excluding hydrogens is 239 g/mol. The Morgan fingerprint density at radius 2 is 2.16 bits per heavy atom. The van der Waals surface area contributed by atoms with Gasteiger partial charge in [-0.05, 0) is 54.7 Å². The summed E-state index contributed by atoms with van der Waals surface area (Å²) in [6.07, 6.45) is 6.88. The van der Waals surface area contributed by atoms with Crippen molar-refractivity contribution in [1.82, 2.24) is 9.88 Å². The van der Waals surface area contributed by atoms with Crippen molar-refractivity contribution < 1.29 is 4.39 Å². The van der Waals surface area contributed by atoms with Gasteiger partial charge in [0, 0.05) is 31.5 Å². The molecule has 2 nitrogen and oxygen atoms in total. The Labute approximate surface area is 113 Å². The Balaban J connectivity index is 1.65. The van der Waals surface area contributed by atoms with Crippen LogP contribution in [-0.2, 0) is 13.1 Å². The monoisotopic (exact) mass is 258 g/mol. The van der Waals surface area contributed by atoms with E-state index in [4.69, 9.17) is 0 Å². The third-order valence-electron chi connectivity index (χ3n) is 3.64. The molecule has 3 heteroatoms. The molecule has 1 N–H and O–H groups in total. The molecule has 2 aromatic rings. The summed E-state index contributed by atoms with van der Waals surface area (Å²) >= 11 is 0. The minimum absolute atomic E-state index is 0.164. The summed E-state index contributed by atoms with van der Waals surface area (Å²) in [5, 5.41) is 3.51. The van der Waals surface area contributed by atoms with Crippen LogP contribution >= 0.6 is 0 Å². The van der Waals surface area contributed by atoms with Crippen molar-refractivity contribution in [2.24, 2.45) is 0 Å². The Hall–Kier alpha value is -1.61. The molecule has 0 bridgehead atoms. The van der Waals surface area contributed by atoms with E-state index in [0.29, 0.717) is 0 Å². The van der Waals surface area contributed by atoms with E-state index in [1.165, 1.54) is 30.0 Å². The first-order chi connectivity index (χ1) is 9.20. The van der Waals surface area contributed by atoms with Crippen LogP contribution in [0.1, 0.15) is 29.5 Å². The molecule has 1 fully saturated rings. The number of halogens is 1. The highest BCUT2D eigenvalue weighted by Crippen LogP contribution is 2.19. The highest BCUT2D eigenvalue weighted by Gasteiger charge is 2.19. The second-order valence-corrected chi connectivity index (χ2v) is 5.42.